The molecule has 2 saturated carbocycles. The number of carboxylic acid groups (broad SMARTS) is 1. The molecule has 8 heteroatoms. The van der Waals surface area contributed by atoms with Crippen LogP contribution < -0.4 is 4.90 Å². The highest BCUT2D eigenvalue weighted by atomic mass is 16.4. The van der Waals surface area contributed by atoms with E-state index in [1.54, 1.807) is 6.07 Å². The number of aromatic nitrogens is 4. The smallest absolute Gasteiger partial charge is 0.354 e. The van der Waals surface area contributed by atoms with Crippen LogP contribution in [0.25, 0.3) is 22.2 Å². The number of piperazine rings is 1. The first-order valence-corrected chi connectivity index (χ1v) is 13.1. The number of hydrogen-bond donors (Lipinski definition) is 1. The molecule has 184 valence electrons. The zero-order valence-corrected chi connectivity index (χ0v) is 20.5. The van der Waals surface area contributed by atoms with Crippen LogP contribution in [0.3, 0.4) is 0 Å². The summed E-state index contributed by atoms with van der Waals surface area (Å²) in [5, 5.41) is 16.1. The van der Waals surface area contributed by atoms with Crippen LogP contribution in [0, 0.1) is 0 Å². The Kier molecular flexibility index (Phi) is 5.92. The molecule has 0 aromatic carbocycles. The van der Waals surface area contributed by atoms with E-state index < -0.39 is 5.97 Å². The van der Waals surface area contributed by atoms with Crippen LogP contribution in [0.15, 0.2) is 24.4 Å². The Morgan fingerprint density at radius 3 is 2.40 bits per heavy atom. The molecular formula is C27H34N6O2. The topological polar surface area (TPSA) is 87.4 Å². The number of carbonyl (C=O) groups is 1. The van der Waals surface area contributed by atoms with Gasteiger partial charge in [-0.3, -0.25) is 0 Å². The molecule has 35 heavy (non-hydrogen) atoms. The summed E-state index contributed by atoms with van der Waals surface area (Å²) in [5.41, 5.74) is 3.74. The molecule has 4 heterocycles. The minimum Gasteiger partial charge on any atom is -0.477 e. The molecule has 8 nitrogen and oxygen atoms in total. The van der Waals surface area contributed by atoms with E-state index in [1.165, 1.54) is 25.7 Å². The Morgan fingerprint density at radius 1 is 1.00 bits per heavy atom. The number of aromatic carboxylic acids is 1. The van der Waals surface area contributed by atoms with Gasteiger partial charge in [-0.25, -0.2) is 19.4 Å². The second-order valence-electron chi connectivity index (χ2n) is 10.5. The van der Waals surface area contributed by atoms with Crippen molar-refractivity contribution in [2.75, 3.05) is 38.1 Å². The minimum absolute atomic E-state index is 0.0766. The monoisotopic (exact) mass is 474 g/mol. The van der Waals surface area contributed by atoms with Gasteiger partial charge in [0.25, 0.3) is 0 Å². The number of rotatable bonds is 5. The quantitative estimate of drug-likeness (QED) is 0.573. The van der Waals surface area contributed by atoms with E-state index in [2.05, 4.69) is 38.6 Å². The first kappa shape index (κ1) is 22.5. The fraction of sp³-hybridized carbons (Fsp3) is 0.556. The van der Waals surface area contributed by atoms with E-state index in [9.17, 15) is 9.90 Å². The minimum atomic E-state index is -1.00. The highest BCUT2D eigenvalue weighted by Crippen LogP contribution is 2.43. The number of pyridine rings is 2. The molecule has 1 N–H and O–H groups in total. The summed E-state index contributed by atoms with van der Waals surface area (Å²) in [5.74, 6) is 0.399. The summed E-state index contributed by atoms with van der Waals surface area (Å²) in [6.45, 7) is 3.99. The van der Waals surface area contributed by atoms with E-state index in [4.69, 9.17) is 10.1 Å². The van der Waals surface area contributed by atoms with Gasteiger partial charge in [0.2, 0.25) is 0 Å². The normalized spacial score (nSPS) is 20.3. The Morgan fingerprint density at radius 2 is 1.77 bits per heavy atom. The third-order valence-electron chi connectivity index (χ3n) is 8.21. The van der Waals surface area contributed by atoms with E-state index in [0.29, 0.717) is 12.0 Å². The number of hydrogen-bond acceptors (Lipinski definition) is 6. The number of carboxylic acids is 1. The maximum atomic E-state index is 12.1. The maximum Gasteiger partial charge on any atom is 0.354 e. The van der Waals surface area contributed by atoms with Crippen LogP contribution in [0.4, 0.5) is 5.82 Å². The Labute approximate surface area is 206 Å². The predicted molar refractivity (Wildman–Crippen MR) is 136 cm³/mol. The van der Waals surface area contributed by atoms with Crippen molar-refractivity contribution in [2.24, 2.45) is 0 Å². The fourth-order valence-corrected chi connectivity index (χ4v) is 5.82. The third-order valence-corrected chi connectivity index (χ3v) is 8.21. The molecule has 1 saturated heterocycles. The third kappa shape index (κ3) is 4.18. The Balaban J connectivity index is 1.46. The lowest BCUT2D eigenvalue weighted by Gasteiger charge is -2.33. The highest BCUT2D eigenvalue weighted by Gasteiger charge is 2.31. The van der Waals surface area contributed by atoms with E-state index in [0.717, 1.165) is 85.5 Å². The average molecular weight is 475 g/mol. The lowest BCUT2D eigenvalue weighted by atomic mass is 9.81. The van der Waals surface area contributed by atoms with E-state index >= 15 is 0 Å². The molecule has 0 unspecified atom stereocenters. The van der Waals surface area contributed by atoms with Gasteiger partial charge in [-0.1, -0.05) is 25.7 Å². The molecule has 3 aliphatic rings. The molecule has 0 amide bonds. The molecule has 3 aromatic rings. The molecule has 3 fully saturated rings. The van der Waals surface area contributed by atoms with Crippen LogP contribution in [0.1, 0.15) is 79.5 Å². The molecular weight excluding hydrogens is 440 g/mol. The van der Waals surface area contributed by atoms with Crippen LogP contribution in [0.5, 0.6) is 0 Å². The summed E-state index contributed by atoms with van der Waals surface area (Å²) in [6.07, 6.45) is 11.2. The summed E-state index contributed by atoms with van der Waals surface area (Å²) in [4.78, 5) is 26.2. The van der Waals surface area contributed by atoms with Crippen molar-refractivity contribution in [3.63, 3.8) is 0 Å². The summed E-state index contributed by atoms with van der Waals surface area (Å²) in [6, 6.07) is 6.18. The van der Waals surface area contributed by atoms with Gasteiger partial charge >= 0.3 is 5.97 Å². The van der Waals surface area contributed by atoms with Crippen molar-refractivity contribution in [1.29, 1.82) is 0 Å². The molecule has 3 aromatic heterocycles. The van der Waals surface area contributed by atoms with Gasteiger partial charge in [0.05, 0.1) is 17.1 Å². The number of fused-ring (bicyclic) bond motifs is 1. The van der Waals surface area contributed by atoms with Gasteiger partial charge in [0, 0.05) is 43.9 Å². The molecule has 0 atom stereocenters. The average Bonchev–Trinajstić information content (AvgIpc) is 3.23. The van der Waals surface area contributed by atoms with Crippen molar-refractivity contribution in [3.8, 4) is 11.1 Å². The van der Waals surface area contributed by atoms with Gasteiger partial charge in [-0.2, -0.15) is 5.10 Å². The second-order valence-corrected chi connectivity index (χ2v) is 10.5. The van der Waals surface area contributed by atoms with Crippen LogP contribution in [-0.2, 0) is 0 Å². The zero-order chi connectivity index (χ0) is 23.9. The number of likely N-dealkylation sites (N-methyl/N-ethyl adjacent to an activating group) is 1. The lowest BCUT2D eigenvalue weighted by Crippen LogP contribution is -2.44. The van der Waals surface area contributed by atoms with Gasteiger partial charge in [0.15, 0.2) is 11.3 Å². The van der Waals surface area contributed by atoms with Crippen molar-refractivity contribution in [3.05, 3.63) is 35.8 Å². The molecule has 0 bridgehead atoms. The van der Waals surface area contributed by atoms with Crippen molar-refractivity contribution in [1.82, 2.24) is 24.6 Å². The summed E-state index contributed by atoms with van der Waals surface area (Å²) >= 11 is 0. The largest absolute Gasteiger partial charge is 0.477 e. The number of anilines is 1. The molecule has 2 aliphatic carbocycles. The van der Waals surface area contributed by atoms with Gasteiger partial charge in [-0.05, 0) is 56.5 Å². The first-order chi connectivity index (χ1) is 17.1. The summed E-state index contributed by atoms with van der Waals surface area (Å²) in [7, 11) is 2.15. The van der Waals surface area contributed by atoms with E-state index in [1.807, 2.05) is 6.20 Å². The number of nitrogens with zero attached hydrogens (tertiary/aromatic N) is 6. The van der Waals surface area contributed by atoms with Crippen LogP contribution >= 0.6 is 0 Å². The summed E-state index contributed by atoms with van der Waals surface area (Å²) < 4.78 is 2.07. The van der Waals surface area contributed by atoms with Gasteiger partial charge < -0.3 is 14.9 Å². The van der Waals surface area contributed by atoms with Gasteiger partial charge in [0.1, 0.15) is 5.82 Å². The maximum absolute atomic E-state index is 12.1. The zero-order valence-electron chi connectivity index (χ0n) is 20.5. The molecule has 6 rings (SSSR count). The van der Waals surface area contributed by atoms with E-state index in [-0.39, 0.29) is 5.69 Å². The molecule has 0 spiro atoms. The molecule has 0 radical (unpaired) electrons. The van der Waals surface area contributed by atoms with Crippen molar-refractivity contribution < 1.29 is 9.90 Å². The standard InChI is InChI=1S/C27H34N6O2/c1-31-12-14-32(15-13-31)23-11-10-19(17-28-23)21-16-22(27(34)35)29-26-24(21)25(18-6-5-7-18)30-33(26)20-8-3-2-4-9-20/h10-11,16-18,20H,2-9,12-15H2,1H3,(H,34,35). The Bertz CT molecular complexity index is 1220. The van der Waals surface area contributed by atoms with Crippen molar-refractivity contribution >= 4 is 22.8 Å². The second kappa shape index (κ2) is 9.22. The molecule has 1 aliphatic heterocycles. The van der Waals surface area contributed by atoms with Gasteiger partial charge in [-0.15, -0.1) is 0 Å². The SMILES string of the molecule is CN1CCN(c2ccc(-c3cc(C(=O)O)nc4c3c(C3CCC3)nn4C3CCCCC3)cn2)CC1. The van der Waals surface area contributed by atoms with Crippen molar-refractivity contribution in [2.45, 2.75) is 63.3 Å². The predicted octanol–water partition coefficient (Wildman–Crippen LogP) is 4.72. The highest BCUT2D eigenvalue weighted by molar-refractivity contribution is 5.99. The Hall–Kier alpha value is -3.00. The first-order valence-electron chi connectivity index (χ1n) is 13.1. The fourth-order valence-electron chi connectivity index (χ4n) is 5.82. The lowest BCUT2D eigenvalue weighted by molar-refractivity contribution is 0.0691. The van der Waals surface area contributed by atoms with Crippen LogP contribution in [-0.4, -0.2) is 69.0 Å². The van der Waals surface area contributed by atoms with Crippen LogP contribution in [0.2, 0.25) is 0 Å².